The van der Waals surface area contributed by atoms with Crippen LogP contribution in [0.15, 0.2) is 42.5 Å². The second-order valence-corrected chi connectivity index (χ2v) is 19.2. The van der Waals surface area contributed by atoms with Crippen LogP contribution in [0.25, 0.3) is 0 Å². The molecule has 4 bridgehead atoms. The molecule has 1 spiro atoms. The Kier molecular flexibility index (Phi) is 8.03. The molecule has 0 unspecified atom stereocenters. The first-order chi connectivity index (χ1) is 19.1. The molecule has 1 aromatic rings. The zero-order valence-electron chi connectivity index (χ0n) is 26.4. The van der Waals surface area contributed by atoms with Crippen molar-refractivity contribution in [2.75, 3.05) is 7.11 Å². The molecule has 1 N–H and O–H groups in total. The lowest BCUT2D eigenvalue weighted by Crippen LogP contribution is -2.56. The third-order valence-corrected chi connectivity index (χ3v) is 15.6. The molecular formula is C32H50N2O6Si. The first-order valence-electron chi connectivity index (χ1n) is 15.3. The molecule has 2 aliphatic carbocycles. The predicted octanol–water partition coefficient (Wildman–Crippen LogP) is 5.31. The second kappa shape index (κ2) is 10.7. The molecule has 8 nitrogen and oxygen atoms in total. The molecule has 5 rings (SSSR count). The van der Waals surface area contributed by atoms with Gasteiger partial charge in [-0.05, 0) is 44.0 Å². The van der Waals surface area contributed by atoms with Gasteiger partial charge in [-0.25, -0.2) is 9.78 Å². The van der Waals surface area contributed by atoms with Crippen LogP contribution in [0.5, 0.6) is 0 Å². The zero-order valence-corrected chi connectivity index (χ0v) is 27.4. The molecule has 1 saturated heterocycles. The van der Waals surface area contributed by atoms with Gasteiger partial charge >= 0.3 is 5.97 Å². The van der Waals surface area contributed by atoms with E-state index in [4.69, 9.17) is 18.6 Å². The summed E-state index contributed by atoms with van der Waals surface area (Å²) in [7, 11) is -0.561. The summed E-state index contributed by atoms with van der Waals surface area (Å²) < 4.78 is 28.1. The Morgan fingerprint density at radius 1 is 1.24 bits per heavy atom. The van der Waals surface area contributed by atoms with Crippen molar-refractivity contribution in [2.24, 2.45) is 29.6 Å². The summed E-state index contributed by atoms with van der Waals surface area (Å²) in [5.41, 5.74) is 0.316. The first kappa shape index (κ1) is 30.7. The minimum Gasteiger partial charge on any atom is -0.457 e. The van der Waals surface area contributed by atoms with Crippen LogP contribution in [0, 0.1) is 29.6 Å². The standard InChI is InChI=1S/C32H50N2O6Si/c1-18-15-19(2)32-22(16-24(37-8)30(36)38-28(18)21(4)40-41(9,10)31(5,6)7)11-12-23-25(32)27(35)20(3)26(29(23)39-32)34-14-13-33-17-34/h11-15,17-18,20-29,35H,16H2,1-10H3/t18-,20-,21-,22-,23-,24+,25+,26-,27-,28+,29-,32+/m1/s1. The third kappa shape index (κ3) is 4.89. The van der Waals surface area contributed by atoms with E-state index in [0.717, 1.165) is 5.57 Å². The molecule has 12 atom stereocenters. The number of aliphatic hydroxyl groups is 1. The highest BCUT2D eigenvalue weighted by molar-refractivity contribution is 6.74. The maximum atomic E-state index is 13.7. The van der Waals surface area contributed by atoms with Gasteiger partial charge < -0.3 is 28.3 Å². The van der Waals surface area contributed by atoms with Crippen molar-refractivity contribution < 1.29 is 28.5 Å². The summed E-state index contributed by atoms with van der Waals surface area (Å²) >= 11 is 0. The normalized spacial score (nSPS) is 41.8. The molecule has 0 radical (unpaired) electrons. The van der Waals surface area contributed by atoms with E-state index in [9.17, 15) is 9.90 Å². The molecule has 0 aromatic carbocycles. The highest BCUT2D eigenvalue weighted by Crippen LogP contribution is 2.62. The average Bonchev–Trinajstić information content (AvgIpc) is 3.47. The minimum atomic E-state index is -2.13. The highest BCUT2D eigenvalue weighted by Gasteiger charge is 2.68. The average molecular weight is 587 g/mol. The van der Waals surface area contributed by atoms with E-state index < -0.39 is 32.2 Å². The SMILES string of the molecule is CO[C@H]1C[C@H]2C=C[C@H]3[C@H]4O[C@]2(C(C)=C[C@@H](C)[C@@H]([C@@H](C)O[Si](C)(C)C(C)(C)C)OC1=O)[C@@H]3[C@H](O)[C@H](C)[C@H]4n1ccnc1. The number of rotatable bonds is 5. The molecule has 41 heavy (non-hydrogen) atoms. The van der Waals surface area contributed by atoms with Gasteiger partial charge in [0.05, 0.1) is 30.7 Å². The van der Waals surface area contributed by atoms with Crippen LogP contribution < -0.4 is 0 Å². The molecular weight excluding hydrogens is 536 g/mol. The van der Waals surface area contributed by atoms with E-state index >= 15 is 0 Å². The van der Waals surface area contributed by atoms with Gasteiger partial charge in [0.2, 0.25) is 0 Å². The fraction of sp³-hybridized carbons (Fsp3) is 0.750. The number of carbonyl (C=O) groups excluding carboxylic acids is 1. The molecule has 2 aliphatic heterocycles. The van der Waals surface area contributed by atoms with Crippen molar-refractivity contribution in [3.05, 3.63) is 42.5 Å². The number of methoxy groups -OCH3 is 1. The molecule has 9 heteroatoms. The quantitative estimate of drug-likeness (QED) is 0.284. The molecule has 2 fully saturated rings. The Hall–Kier alpha value is -1.78. The van der Waals surface area contributed by atoms with Crippen LogP contribution in [0.3, 0.4) is 0 Å². The van der Waals surface area contributed by atoms with Gasteiger partial charge in [0.25, 0.3) is 0 Å². The molecule has 0 amide bonds. The summed E-state index contributed by atoms with van der Waals surface area (Å²) in [5, 5.41) is 12.0. The minimum absolute atomic E-state index is 0.0225. The number of aromatic nitrogens is 2. The number of hydrogen-bond acceptors (Lipinski definition) is 7. The monoisotopic (exact) mass is 586 g/mol. The molecule has 1 aromatic heterocycles. The smallest absolute Gasteiger partial charge is 0.335 e. The zero-order chi connectivity index (χ0) is 30.1. The van der Waals surface area contributed by atoms with Gasteiger partial charge in [0, 0.05) is 49.1 Å². The molecule has 1 saturated carbocycles. The summed E-state index contributed by atoms with van der Waals surface area (Å²) in [4.78, 5) is 18.0. The number of carbonyl (C=O) groups is 1. The van der Waals surface area contributed by atoms with Crippen LogP contribution >= 0.6 is 0 Å². The number of hydrogen-bond donors (Lipinski definition) is 1. The second-order valence-electron chi connectivity index (χ2n) is 14.5. The van der Waals surface area contributed by atoms with E-state index in [1.54, 1.807) is 13.3 Å². The van der Waals surface area contributed by atoms with Crippen molar-refractivity contribution in [3.63, 3.8) is 0 Å². The van der Waals surface area contributed by atoms with Crippen molar-refractivity contribution in [3.8, 4) is 0 Å². The lowest BCUT2D eigenvalue weighted by Gasteiger charge is -2.49. The number of imidazole rings is 1. The maximum Gasteiger partial charge on any atom is 0.335 e. The fourth-order valence-electron chi connectivity index (χ4n) is 7.93. The molecule has 4 aliphatic rings. The van der Waals surface area contributed by atoms with E-state index in [0.29, 0.717) is 6.42 Å². The van der Waals surface area contributed by atoms with Gasteiger partial charge in [0.1, 0.15) is 11.7 Å². The number of nitrogens with zero attached hydrogens (tertiary/aromatic N) is 2. The third-order valence-electron chi connectivity index (χ3n) is 11.1. The predicted molar refractivity (Wildman–Crippen MR) is 160 cm³/mol. The molecule has 3 heterocycles. The van der Waals surface area contributed by atoms with E-state index in [2.05, 4.69) is 82.4 Å². The van der Waals surface area contributed by atoms with Crippen LogP contribution in [0.1, 0.15) is 60.9 Å². The van der Waals surface area contributed by atoms with Crippen molar-refractivity contribution in [1.82, 2.24) is 9.55 Å². The van der Waals surface area contributed by atoms with Crippen LogP contribution in [-0.4, -0.2) is 72.2 Å². The van der Waals surface area contributed by atoms with Crippen LogP contribution in [0.2, 0.25) is 18.1 Å². The summed E-state index contributed by atoms with van der Waals surface area (Å²) in [6, 6.07) is -0.0499. The number of ether oxygens (including phenoxy) is 3. The maximum absolute atomic E-state index is 13.7. The summed E-state index contributed by atoms with van der Waals surface area (Å²) in [6.07, 6.45) is 10.3. The van der Waals surface area contributed by atoms with Crippen molar-refractivity contribution in [1.29, 1.82) is 0 Å². The molecule has 228 valence electrons. The van der Waals surface area contributed by atoms with Crippen LogP contribution in [-0.2, 0) is 23.4 Å². The number of cyclic esters (lactones) is 1. The Labute approximate surface area is 246 Å². The van der Waals surface area contributed by atoms with E-state index in [1.165, 1.54) is 0 Å². The fourth-order valence-corrected chi connectivity index (χ4v) is 9.34. The Balaban J connectivity index is 1.58. The van der Waals surface area contributed by atoms with Gasteiger partial charge in [-0.15, -0.1) is 0 Å². The number of esters is 1. The summed E-state index contributed by atoms with van der Waals surface area (Å²) in [5.74, 6) is -0.784. The van der Waals surface area contributed by atoms with Gasteiger partial charge in [0.15, 0.2) is 14.4 Å². The first-order valence-corrected chi connectivity index (χ1v) is 18.2. The topological polar surface area (TPSA) is 92.0 Å². The largest absolute Gasteiger partial charge is 0.457 e. The Morgan fingerprint density at radius 2 is 1.95 bits per heavy atom. The van der Waals surface area contributed by atoms with E-state index in [-0.39, 0.29) is 58.8 Å². The van der Waals surface area contributed by atoms with Gasteiger partial charge in [-0.2, -0.15) is 0 Å². The Bertz CT molecular complexity index is 1180. The summed E-state index contributed by atoms with van der Waals surface area (Å²) in [6.45, 7) is 19.4. The lowest BCUT2D eigenvalue weighted by atomic mass is 9.57. The Morgan fingerprint density at radius 3 is 2.56 bits per heavy atom. The van der Waals surface area contributed by atoms with Crippen molar-refractivity contribution >= 4 is 14.3 Å². The van der Waals surface area contributed by atoms with Crippen molar-refractivity contribution in [2.45, 2.75) is 115 Å². The van der Waals surface area contributed by atoms with Gasteiger partial charge in [-0.1, -0.05) is 52.8 Å². The van der Waals surface area contributed by atoms with Crippen LogP contribution in [0.4, 0.5) is 0 Å². The van der Waals surface area contributed by atoms with E-state index in [1.807, 2.05) is 19.4 Å². The number of aliphatic hydroxyl groups excluding tert-OH is 1. The highest BCUT2D eigenvalue weighted by atomic mass is 28.4. The lowest BCUT2D eigenvalue weighted by molar-refractivity contribution is -0.171. The van der Waals surface area contributed by atoms with Gasteiger partial charge in [-0.3, -0.25) is 0 Å².